The summed E-state index contributed by atoms with van der Waals surface area (Å²) in [6.07, 6.45) is 2.59. The minimum Gasteiger partial charge on any atom is -0.497 e. The Morgan fingerprint density at radius 2 is 2.21 bits per heavy atom. The van der Waals surface area contributed by atoms with Gasteiger partial charge >= 0.3 is 0 Å². The average Bonchev–Trinajstić information content (AvgIpc) is 2.88. The summed E-state index contributed by atoms with van der Waals surface area (Å²) in [6, 6.07) is 3.42. The number of ether oxygens (including phenoxy) is 1. The Bertz CT molecular complexity index is 568. The molecular weight excluding hydrogens is 264 g/mol. The van der Waals surface area contributed by atoms with E-state index in [1.54, 1.807) is 30.5 Å². The van der Waals surface area contributed by atoms with Crippen LogP contribution in [0.3, 0.4) is 0 Å². The first-order valence-electron chi connectivity index (χ1n) is 5.75. The van der Waals surface area contributed by atoms with E-state index >= 15 is 0 Å². The number of rotatable bonds is 4. The molecule has 0 bridgehead atoms. The summed E-state index contributed by atoms with van der Waals surface area (Å²) >= 11 is 1.28. The number of methoxy groups -OCH3 is 1. The van der Waals surface area contributed by atoms with Gasteiger partial charge < -0.3 is 9.84 Å². The van der Waals surface area contributed by atoms with Crippen LogP contribution >= 0.6 is 11.3 Å². The van der Waals surface area contributed by atoms with Crippen molar-refractivity contribution >= 4 is 22.9 Å². The van der Waals surface area contributed by atoms with E-state index in [2.05, 4.69) is 0 Å². The van der Waals surface area contributed by atoms with Crippen LogP contribution < -0.4 is 0 Å². The molecule has 0 saturated carbocycles. The van der Waals surface area contributed by atoms with Gasteiger partial charge in [-0.1, -0.05) is 6.07 Å². The lowest BCUT2D eigenvalue weighted by Crippen LogP contribution is -2.44. The van der Waals surface area contributed by atoms with Crippen molar-refractivity contribution in [1.82, 2.24) is 0 Å². The molecule has 1 aliphatic carbocycles. The van der Waals surface area contributed by atoms with Crippen LogP contribution in [0.4, 0.5) is 0 Å². The number of carbonyl (C=O) groups is 2. The van der Waals surface area contributed by atoms with E-state index in [1.807, 2.05) is 0 Å². The lowest BCUT2D eigenvalue weighted by molar-refractivity contribution is -0.132. The van der Waals surface area contributed by atoms with E-state index < -0.39 is 11.4 Å². The van der Waals surface area contributed by atoms with E-state index in [1.165, 1.54) is 24.5 Å². The molecule has 1 heterocycles. The third-order valence-corrected chi connectivity index (χ3v) is 3.88. The zero-order valence-electron chi connectivity index (χ0n) is 10.7. The third-order valence-electron chi connectivity index (χ3n) is 2.97. The van der Waals surface area contributed by atoms with Crippen molar-refractivity contribution in [2.75, 3.05) is 7.11 Å². The molecule has 1 aromatic heterocycles. The Labute approximate surface area is 115 Å². The largest absolute Gasteiger partial charge is 0.497 e. The van der Waals surface area contributed by atoms with Gasteiger partial charge in [-0.15, -0.1) is 11.3 Å². The molecule has 0 amide bonds. The van der Waals surface area contributed by atoms with Crippen LogP contribution in [-0.2, 0) is 9.53 Å². The maximum Gasteiger partial charge on any atom is 0.195 e. The monoisotopic (exact) mass is 278 g/mol. The molecule has 2 rings (SSSR count). The van der Waals surface area contributed by atoms with Crippen molar-refractivity contribution in [3.8, 4) is 0 Å². The van der Waals surface area contributed by atoms with E-state index in [0.717, 1.165) is 0 Å². The van der Waals surface area contributed by atoms with Gasteiger partial charge in [0.15, 0.2) is 17.2 Å². The Balaban J connectivity index is 2.29. The number of ketones is 2. The third kappa shape index (κ3) is 2.52. The number of Topliss-reactive ketones (excluding diaryl/α,β-unsaturated/α-hetero) is 1. The number of allylic oxidation sites excluding steroid dienone is 2. The zero-order chi connectivity index (χ0) is 14.0. The summed E-state index contributed by atoms with van der Waals surface area (Å²) in [5.41, 5.74) is -1.20. The molecule has 4 nitrogen and oxygen atoms in total. The SMILES string of the molecule is COC1=CC(C)=CC(=O)C1(O)CC(=O)c1cccs1. The molecule has 0 radical (unpaired) electrons. The molecule has 0 spiro atoms. The molecule has 0 aliphatic heterocycles. The summed E-state index contributed by atoms with van der Waals surface area (Å²) < 4.78 is 5.07. The number of hydrogen-bond acceptors (Lipinski definition) is 5. The highest BCUT2D eigenvalue weighted by atomic mass is 32.1. The van der Waals surface area contributed by atoms with Crippen LogP contribution in [0.2, 0.25) is 0 Å². The molecule has 19 heavy (non-hydrogen) atoms. The summed E-state index contributed by atoms with van der Waals surface area (Å²) in [5, 5.41) is 12.3. The lowest BCUT2D eigenvalue weighted by atomic mass is 9.84. The molecule has 1 aromatic rings. The molecule has 100 valence electrons. The van der Waals surface area contributed by atoms with Gasteiger partial charge in [0.05, 0.1) is 18.4 Å². The topological polar surface area (TPSA) is 63.6 Å². The number of hydrogen-bond donors (Lipinski definition) is 1. The molecule has 0 fully saturated rings. The number of aliphatic hydroxyl groups is 1. The van der Waals surface area contributed by atoms with Gasteiger partial charge in [0.1, 0.15) is 5.76 Å². The second-order valence-corrected chi connectivity index (χ2v) is 5.35. The van der Waals surface area contributed by atoms with Gasteiger partial charge in [-0.3, -0.25) is 9.59 Å². The van der Waals surface area contributed by atoms with Crippen molar-refractivity contribution in [3.63, 3.8) is 0 Å². The first-order chi connectivity index (χ1) is 8.97. The van der Waals surface area contributed by atoms with Gasteiger partial charge in [-0.25, -0.2) is 0 Å². The van der Waals surface area contributed by atoms with Gasteiger partial charge in [0.25, 0.3) is 0 Å². The Morgan fingerprint density at radius 1 is 1.47 bits per heavy atom. The summed E-state index contributed by atoms with van der Waals surface area (Å²) in [4.78, 5) is 24.6. The Hall–Kier alpha value is -1.72. The summed E-state index contributed by atoms with van der Waals surface area (Å²) in [6.45, 7) is 1.73. The first-order valence-corrected chi connectivity index (χ1v) is 6.63. The highest BCUT2D eigenvalue weighted by molar-refractivity contribution is 7.12. The highest BCUT2D eigenvalue weighted by Gasteiger charge is 2.44. The van der Waals surface area contributed by atoms with Gasteiger partial charge in [-0.05, 0) is 36.1 Å². The lowest BCUT2D eigenvalue weighted by Gasteiger charge is -2.29. The van der Waals surface area contributed by atoms with E-state index in [4.69, 9.17) is 4.74 Å². The minimum absolute atomic E-state index is 0.113. The molecular formula is C14H14O4S. The maximum absolute atomic E-state index is 12.1. The fraction of sp³-hybridized carbons (Fsp3) is 0.286. The van der Waals surface area contributed by atoms with Gasteiger partial charge in [-0.2, -0.15) is 0 Å². The van der Waals surface area contributed by atoms with Crippen molar-refractivity contribution in [2.24, 2.45) is 0 Å². The molecule has 1 N–H and O–H groups in total. The second kappa shape index (κ2) is 5.11. The van der Waals surface area contributed by atoms with Crippen molar-refractivity contribution in [3.05, 3.63) is 45.9 Å². The van der Waals surface area contributed by atoms with E-state index in [9.17, 15) is 14.7 Å². The van der Waals surface area contributed by atoms with Crippen LogP contribution in [0.15, 0.2) is 41.0 Å². The minimum atomic E-state index is -1.89. The molecule has 0 saturated heterocycles. The highest BCUT2D eigenvalue weighted by Crippen LogP contribution is 2.31. The number of carbonyl (C=O) groups excluding carboxylic acids is 2. The first kappa shape index (κ1) is 13.7. The predicted molar refractivity (Wildman–Crippen MR) is 72.1 cm³/mol. The maximum atomic E-state index is 12.1. The normalized spacial score (nSPS) is 22.8. The molecule has 5 heteroatoms. The Morgan fingerprint density at radius 3 is 2.79 bits per heavy atom. The van der Waals surface area contributed by atoms with Crippen LogP contribution in [0.1, 0.15) is 23.0 Å². The average molecular weight is 278 g/mol. The quantitative estimate of drug-likeness (QED) is 0.857. The molecule has 0 aromatic carbocycles. The van der Waals surface area contributed by atoms with Gasteiger partial charge in [0, 0.05) is 0 Å². The fourth-order valence-electron chi connectivity index (χ4n) is 1.97. The molecule has 1 unspecified atom stereocenters. The van der Waals surface area contributed by atoms with Crippen LogP contribution in [-0.4, -0.2) is 29.4 Å². The van der Waals surface area contributed by atoms with Crippen molar-refractivity contribution in [1.29, 1.82) is 0 Å². The second-order valence-electron chi connectivity index (χ2n) is 4.40. The molecule has 1 atom stereocenters. The summed E-state index contributed by atoms with van der Waals surface area (Å²) in [5.74, 6) is -0.682. The fourth-order valence-corrected chi connectivity index (χ4v) is 2.64. The smallest absolute Gasteiger partial charge is 0.195 e. The van der Waals surface area contributed by atoms with Crippen LogP contribution in [0, 0.1) is 0 Å². The standard InChI is InChI=1S/C14H14O4S/c1-9-6-12(16)14(17,13(7-9)18-2)8-10(15)11-4-3-5-19-11/h3-7,17H,8H2,1-2H3. The predicted octanol–water partition coefficient (Wildman–Crippen LogP) is 2.11. The zero-order valence-corrected chi connectivity index (χ0v) is 11.5. The van der Waals surface area contributed by atoms with E-state index in [-0.39, 0.29) is 18.0 Å². The van der Waals surface area contributed by atoms with E-state index in [0.29, 0.717) is 10.5 Å². The summed E-state index contributed by atoms with van der Waals surface area (Å²) in [7, 11) is 1.37. The number of thiophene rings is 1. The Kier molecular flexibility index (Phi) is 3.68. The molecule has 1 aliphatic rings. The van der Waals surface area contributed by atoms with Crippen LogP contribution in [0.25, 0.3) is 0 Å². The van der Waals surface area contributed by atoms with Crippen LogP contribution in [0.5, 0.6) is 0 Å². The van der Waals surface area contributed by atoms with Crippen molar-refractivity contribution in [2.45, 2.75) is 18.9 Å². The van der Waals surface area contributed by atoms with Crippen molar-refractivity contribution < 1.29 is 19.4 Å². The van der Waals surface area contributed by atoms with Gasteiger partial charge in [0.2, 0.25) is 0 Å².